The van der Waals surface area contributed by atoms with Crippen LogP contribution in [0.2, 0.25) is 0 Å². The van der Waals surface area contributed by atoms with E-state index in [2.05, 4.69) is 5.32 Å². The molecule has 1 rings (SSSR count). The maximum Gasteiger partial charge on any atom is 0.309 e. The van der Waals surface area contributed by atoms with Crippen LogP contribution in [-0.2, 0) is 0 Å². The molecule has 2 N–H and O–H groups in total. The highest BCUT2D eigenvalue weighted by Crippen LogP contribution is 2.28. The first-order chi connectivity index (χ1) is 9.54. The Labute approximate surface area is 118 Å². The number of nitrogens with zero attached hydrogens (tertiary/aromatic N) is 2. The summed E-state index contributed by atoms with van der Waals surface area (Å²) >= 11 is 0. The van der Waals surface area contributed by atoms with Crippen LogP contribution >= 0.6 is 0 Å². The van der Waals surface area contributed by atoms with E-state index >= 15 is 0 Å². The molecule has 1 aromatic rings. The number of nitrogens with one attached hydrogen (secondary N) is 1. The average molecular weight is 277 g/mol. The predicted molar refractivity (Wildman–Crippen MR) is 76.4 cm³/mol. The van der Waals surface area contributed by atoms with Gasteiger partial charge >= 0.3 is 5.69 Å². The maximum absolute atomic E-state index is 11.0. The van der Waals surface area contributed by atoms with Crippen molar-refractivity contribution >= 4 is 11.4 Å². The summed E-state index contributed by atoms with van der Waals surface area (Å²) in [6.07, 6.45) is 1.12. The fourth-order valence-corrected chi connectivity index (χ4v) is 2.19. The first kappa shape index (κ1) is 15.9. The lowest BCUT2D eigenvalue weighted by molar-refractivity contribution is -0.384. The molecule has 108 valence electrons. The van der Waals surface area contributed by atoms with E-state index in [-0.39, 0.29) is 29.4 Å². The first-order valence-corrected chi connectivity index (χ1v) is 6.64. The standard InChI is InChI=1S/C14H19N3O3/c1-3-10(4-2)13(18)9-16-12-7-5-6-11(8-15)14(12)17(19)20/h5-7,10,13,16,18H,3-4,9H2,1-2H3. The van der Waals surface area contributed by atoms with E-state index in [0.29, 0.717) is 0 Å². The molecule has 20 heavy (non-hydrogen) atoms. The molecule has 0 aliphatic heterocycles. The van der Waals surface area contributed by atoms with Crippen LogP contribution in [-0.4, -0.2) is 22.7 Å². The van der Waals surface area contributed by atoms with Gasteiger partial charge in [-0.25, -0.2) is 0 Å². The van der Waals surface area contributed by atoms with Gasteiger partial charge in [0.05, 0.1) is 11.0 Å². The van der Waals surface area contributed by atoms with Gasteiger partial charge in [0.25, 0.3) is 0 Å². The smallest absolute Gasteiger partial charge is 0.309 e. The molecule has 0 aromatic heterocycles. The molecule has 0 radical (unpaired) electrons. The second kappa shape index (κ2) is 7.46. The Morgan fingerprint density at radius 3 is 2.60 bits per heavy atom. The summed E-state index contributed by atoms with van der Waals surface area (Å²) in [5.74, 6) is 0.153. The van der Waals surface area contributed by atoms with Gasteiger partial charge in [0.2, 0.25) is 0 Å². The molecule has 0 saturated carbocycles. The van der Waals surface area contributed by atoms with Gasteiger partial charge in [-0.2, -0.15) is 5.26 Å². The fourth-order valence-electron chi connectivity index (χ4n) is 2.19. The topological polar surface area (TPSA) is 99.2 Å². The molecule has 0 saturated heterocycles. The van der Waals surface area contributed by atoms with Gasteiger partial charge in [0, 0.05) is 6.54 Å². The Bertz CT molecular complexity index is 507. The Hall–Kier alpha value is -2.13. The van der Waals surface area contributed by atoms with Crippen molar-refractivity contribution in [2.24, 2.45) is 5.92 Å². The highest BCUT2D eigenvalue weighted by molar-refractivity contribution is 5.68. The van der Waals surface area contributed by atoms with Crippen molar-refractivity contribution in [1.29, 1.82) is 5.26 Å². The van der Waals surface area contributed by atoms with E-state index in [4.69, 9.17) is 5.26 Å². The average Bonchev–Trinajstić information content (AvgIpc) is 2.45. The maximum atomic E-state index is 11.0. The van der Waals surface area contributed by atoms with Crippen molar-refractivity contribution in [2.45, 2.75) is 32.8 Å². The number of rotatable bonds is 7. The lowest BCUT2D eigenvalue weighted by atomic mass is 9.96. The van der Waals surface area contributed by atoms with Gasteiger partial charge in [-0.1, -0.05) is 32.8 Å². The van der Waals surface area contributed by atoms with Crippen molar-refractivity contribution in [3.63, 3.8) is 0 Å². The van der Waals surface area contributed by atoms with Crippen LogP contribution in [0.4, 0.5) is 11.4 Å². The SMILES string of the molecule is CCC(CC)C(O)CNc1cccc(C#N)c1[N+](=O)[O-]. The van der Waals surface area contributed by atoms with Crippen LogP contribution in [0.25, 0.3) is 0 Å². The Morgan fingerprint density at radius 2 is 2.10 bits per heavy atom. The van der Waals surface area contributed by atoms with Crippen LogP contribution in [0.1, 0.15) is 32.3 Å². The highest BCUT2D eigenvalue weighted by Gasteiger charge is 2.21. The number of aliphatic hydroxyl groups excluding tert-OH is 1. The molecular weight excluding hydrogens is 258 g/mol. The van der Waals surface area contributed by atoms with Crippen LogP contribution in [0.5, 0.6) is 0 Å². The molecule has 0 spiro atoms. The molecule has 1 atom stereocenters. The van der Waals surface area contributed by atoms with Crippen molar-refractivity contribution < 1.29 is 10.0 Å². The van der Waals surface area contributed by atoms with Crippen molar-refractivity contribution in [3.8, 4) is 6.07 Å². The van der Waals surface area contributed by atoms with Crippen molar-refractivity contribution in [1.82, 2.24) is 0 Å². The summed E-state index contributed by atoms with van der Waals surface area (Å²) in [5.41, 5.74) is 0.0304. The predicted octanol–water partition coefficient (Wildman–Crippen LogP) is 2.68. The zero-order valence-electron chi connectivity index (χ0n) is 11.7. The molecule has 1 unspecified atom stereocenters. The summed E-state index contributed by atoms with van der Waals surface area (Å²) in [7, 11) is 0. The number of nitro groups is 1. The quantitative estimate of drug-likeness (QED) is 0.589. The zero-order valence-corrected chi connectivity index (χ0v) is 11.7. The van der Waals surface area contributed by atoms with Gasteiger partial charge in [0.15, 0.2) is 0 Å². The molecule has 6 nitrogen and oxygen atoms in total. The molecule has 0 bridgehead atoms. The summed E-state index contributed by atoms with van der Waals surface area (Å²) in [5, 5.41) is 32.9. The minimum atomic E-state index is -0.579. The Morgan fingerprint density at radius 1 is 1.45 bits per heavy atom. The third-order valence-corrected chi connectivity index (χ3v) is 3.43. The van der Waals surface area contributed by atoms with Crippen molar-refractivity contribution in [3.05, 3.63) is 33.9 Å². The second-order valence-corrected chi connectivity index (χ2v) is 4.60. The van der Waals surface area contributed by atoms with Crippen LogP contribution in [0.15, 0.2) is 18.2 Å². The lowest BCUT2D eigenvalue weighted by Crippen LogP contribution is -2.27. The van der Waals surface area contributed by atoms with Crippen LogP contribution in [0, 0.1) is 27.4 Å². The number of benzene rings is 1. The van der Waals surface area contributed by atoms with E-state index in [1.807, 2.05) is 13.8 Å². The van der Waals surface area contributed by atoms with Gasteiger partial charge in [-0.05, 0) is 18.1 Å². The van der Waals surface area contributed by atoms with E-state index in [0.717, 1.165) is 12.8 Å². The second-order valence-electron chi connectivity index (χ2n) is 4.60. The number of hydrogen-bond acceptors (Lipinski definition) is 5. The molecule has 0 aliphatic rings. The zero-order chi connectivity index (χ0) is 15.1. The molecule has 6 heteroatoms. The number of anilines is 1. The third-order valence-electron chi connectivity index (χ3n) is 3.43. The summed E-state index contributed by atoms with van der Waals surface area (Å²) in [4.78, 5) is 10.5. The normalized spacial score (nSPS) is 11.9. The highest BCUT2D eigenvalue weighted by atomic mass is 16.6. The molecular formula is C14H19N3O3. The van der Waals surface area contributed by atoms with Crippen LogP contribution < -0.4 is 5.32 Å². The molecule has 0 aliphatic carbocycles. The Balaban J connectivity index is 2.88. The molecule has 0 fully saturated rings. The summed E-state index contributed by atoms with van der Waals surface area (Å²) < 4.78 is 0. The van der Waals surface area contributed by atoms with E-state index in [9.17, 15) is 15.2 Å². The number of nitro benzene ring substituents is 1. The largest absolute Gasteiger partial charge is 0.391 e. The van der Waals surface area contributed by atoms with Gasteiger partial charge in [-0.3, -0.25) is 10.1 Å². The van der Waals surface area contributed by atoms with Gasteiger partial charge < -0.3 is 10.4 Å². The number of nitriles is 1. The molecule has 1 aromatic carbocycles. The summed E-state index contributed by atoms with van der Waals surface area (Å²) in [6, 6.07) is 6.33. The minimum absolute atomic E-state index is 0.0111. The Kier molecular flexibility index (Phi) is 5.94. The van der Waals surface area contributed by atoms with Crippen LogP contribution in [0.3, 0.4) is 0 Å². The van der Waals surface area contributed by atoms with E-state index in [1.54, 1.807) is 18.2 Å². The lowest BCUT2D eigenvalue weighted by Gasteiger charge is -2.20. The molecule has 0 heterocycles. The fraction of sp³-hybridized carbons (Fsp3) is 0.500. The van der Waals surface area contributed by atoms with Gasteiger partial charge in [0.1, 0.15) is 17.3 Å². The monoisotopic (exact) mass is 277 g/mol. The van der Waals surface area contributed by atoms with Crippen molar-refractivity contribution in [2.75, 3.05) is 11.9 Å². The first-order valence-electron chi connectivity index (χ1n) is 6.64. The molecule has 0 amide bonds. The number of hydrogen-bond donors (Lipinski definition) is 2. The van der Waals surface area contributed by atoms with E-state index in [1.165, 1.54) is 6.07 Å². The minimum Gasteiger partial charge on any atom is -0.391 e. The van der Waals surface area contributed by atoms with Gasteiger partial charge in [-0.15, -0.1) is 0 Å². The third kappa shape index (κ3) is 3.68. The van der Waals surface area contributed by atoms with E-state index < -0.39 is 11.0 Å². The summed E-state index contributed by atoms with van der Waals surface area (Å²) in [6.45, 7) is 4.22. The number of aliphatic hydroxyl groups is 1. The number of para-hydroxylation sites is 1.